The Labute approximate surface area is 265 Å². The molecule has 1 heterocycles. The summed E-state index contributed by atoms with van der Waals surface area (Å²) in [7, 11) is 0. The van der Waals surface area contributed by atoms with Crippen molar-refractivity contribution in [1.29, 1.82) is 0 Å². The van der Waals surface area contributed by atoms with Gasteiger partial charge in [-0.3, -0.25) is 0 Å². The predicted molar refractivity (Wildman–Crippen MR) is 184 cm³/mol. The molecule has 5 heteroatoms. The Hall–Kier alpha value is -3.34. The third-order valence-electron chi connectivity index (χ3n) is 9.43. The van der Waals surface area contributed by atoms with Crippen LogP contribution in [0.2, 0.25) is 0 Å². The predicted octanol–water partition coefficient (Wildman–Crippen LogP) is 10.4. The molecule has 44 heavy (non-hydrogen) atoms. The largest absolute Gasteiger partial charge is 0.507 e. The number of benzene rings is 3. The number of aromatic nitrogens is 3. The highest BCUT2D eigenvalue weighted by atomic mass is 16.3. The van der Waals surface area contributed by atoms with Gasteiger partial charge in [-0.2, -0.15) is 0 Å². The first kappa shape index (κ1) is 33.6. The van der Waals surface area contributed by atoms with Gasteiger partial charge in [-0.1, -0.05) is 131 Å². The van der Waals surface area contributed by atoms with Crippen molar-refractivity contribution < 1.29 is 10.2 Å². The minimum Gasteiger partial charge on any atom is -0.507 e. The molecule has 3 aromatic carbocycles. The lowest BCUT2D eigenvalue weighted by atomic mass is 9.73. The fourth-order valence-electron chi connectivity index (χ4n) is 6.22. The number of nitrogens with zero attached hydrogens (tertiary/aromatic N) is 3. The van der Waals surface area contributed by atoms with Gasteiger partial charge in [0.1, 0.15) is 28.2 Å². The quantitative estimate of drug-likeness (QED) is 0.150. The van der Waals surface area contributed by atoms with Crippen LogP contribution in [0, 0.1) is 0 Å². The molecule has 0 atom stereocenters. The van der Waals surface area contributed by atoms with E-state index in [4.69, 9.17) is 10.2 Å². The summed E-state index contributed by atoms with van der Waals surface area (Å²) in [6.07, 6.45) is 9.59. The standard InChI is InChI=1S/C39H55N3O2/c1-10-12-16-20-38(6,7)30-24-27(35(43)31(25-30)39(8,9)21-17-13-11-2)22-28-23-29(37(3,4)5)26-34(36(28)44)42-40-32-18-14-15-19-33(32)41-42/h14-15,18-19,23-26,43-44H,10-13,16-17,20-22H2,1-9H3. The van der Waals surface area contributed by atoms with E-state index in [1.54, 1.807) is 4.80 Å². The number of phenols is 2. The van der Waals surface area contributed by atoms with Crippen LogP contribution < -0.4 is 0 Å². The number of unbranched alkanes of at least 4 members (excludes halogenated alkanes) is 4. The molecule has 0 bridgehead atoms. The number of hydrogen-bond donors (Lipinski definition) is 2. The lowest BCUT2D eigenvalue weighted by molar-refractivity contribution is 0.399. The summed E-state index contributed by atoms with van der Waals surface area (Å²) in [5.74, 6) is 0.499. The zero-order valence-electron chi connectivity index (χ0n) is 28.7. The number of rotatable bonds is 13. The van der Waals surface area contributed by atoms with Crippen molar-refractivity contribution in [2.75, 3.05) is 0 Å². The van der Waals surface area contributed by atoms with Crippen LogP contribution in [0.5, 0.6) is 11.5 Å². The summed E-state index contributed by atoms with van der Waals surface area (Å²) in [5, 5.41) is 33.1. The highest BCUT2D eigenvalue weighted by Gasteiger charge is 2.30. The van der Waals surface area contributed by atoms with E-state index in [0.717, 1.165) is 52.5 Å². The molecule has 0 radical (unpaired) electrons. The molecule has 4 rings (SSSR count). The van der Waals surface area contributed by atoms with E-state index in [1.165, 1.54) is 37.7 Å². The maximum atomic E-state index is 11.9. The summed E-state index contributed by atoms with van der Waals surface area (Å²) in [6.45, 7) is 20.2. The summed E-state index contributed by atoms with van der Waals surface area (Å²) in [6, 6.07) is 16.3. The Kier molecular flexibility index (Phi) is 10.2. The van der Waals surface area contributed by atoms with Gasteiger partial charge in [0.2, 0.25) is 0 Å². The average Bonchev–Trinajstić information content (AvgIpc) is 3.38. The Balaban J connectivity index is 1.87. The molecule has 0 saturated heterocycles. The van der Waals surface area contributed by atoms with Crippen LogP contribution in [0.3, 0.4) is 0 Å². The lowest BCUT2D eigenvalue weighted by Gasteiger charge is -2.32. The zero-order valence-corrected chi connectivity index (χ0v) is 28.7. The van der Waals surface area contributed by atoms with Crippen molar-refractivity contribution in [3.63, 3.8) is 0 Å². The molecule has 238 valence electrons. The molecule has 5 nitrogen and oxygen atoms in total. The summed E-state index contributed by atoms with van der Waals surface area (Å²) in [4.78, 5) is 1.55. The summed E-state index contributed by atoms with van der Waals surface area (Å²) < 4.78 is 0. The van der Waals surface area contributed by atoms with Crippen LogP contribution >= 0.6 is 0 Å². The van der Waals surface area contributed by atoms with E-state index in [-0.39, 0.29) is 22.0 Å². The van der Waals surface area contributed by atoms with Gasteiger partial charge in [0.15, 0.2) is 0 Å². The van der Waals surface area contributed by atoms with Gasteiger partial charge in [0.05, 0.1) is 0 Å². The van der Waals surface area contributed by atoms with Crippen LogP contribution in [0.25, 0.3) is 16.7 Å². The molecule has 0 aliphatic rings. The SMILES string of the molecule is CCCCCC(C)(C)c1cc(Cc2cc(C(C)(C)C)cc(-n3nc4ccccc4n3)c2O)c(O)c(C(C)(C)CCCCC)c1. The van der Waals surface area contributed by atoms with E-state index >= 15 is 0 Å². The Morgan fingerprint density at radius 2 is 1.16 bits per heavy atom. The van der Waals surface area contributed by atoms with Crippen molar-refractivity contribution in [3.8, 4) is 17.2 Å². The molecule has 0 aliphatic heterocycles. The Bertz CT molecular complexity index is 1540. The molecule has 0 unspecified atom stereocenters. The fraction of sp³-hybridized carbons (Fsp3) is 0.538. The lowest BCUT2D eigenvalue weighted by Crippen LogP contribution is -2.22. The van der Waals surface area contributed by atoms with Crippen molar-refractivity contribution in [1.82, 2.24) is 15.0 Å². The second kappa shape index (κ2) is 13.3. The van der Waals surface area contributed by atoms with Crippen molar-refractivity contribution >= 4 is 11.0 Å². The van der Waals surface area contributed by atoms with Crippen LogP contribution in [-0.2, 0) is 22.7 Å². The molecule has 4 aromatic rings. The highest BCUT2D eigenvalue weighted by Crippen LogP contribution is 2.43. The summed E-state index contributed by atoms with van der Waals surface area (Å²) >= 11 is 0. The Morgan fingerprint density at radius 3 is 1.70 bits per heavy atom. The first-order valence-electron chi connectivity index (χ1n) is 16.7. The molecule has 0 aliphatic carbocycles. The number of aromatic hydroxyl groups is 2. The molecule has 0 fully saturated rings. The van der Waals surface area contributed by atoms with Crippen molar-refractivity contribution in [2.24, 2.45) is 0 Å². The van der Waals surface area contributed by atoms with Gasteiger partial charge in [-0.05, 0) is 64.0 Å². The fourth-order valence-corrected chi connectivity index (χ4v) is 6.22. The van der Waals surface area contributed by atoms with Gasteiger partial charge in [0.25, 0.3) is 0 Å². The normalized spacial score (nSPS) is 12.8. The van der Waals surface area contributed by atoms with E-state index in [9.17, 15) is 10.2 Å². The molecule has 0 spiro atoms. The van der Waals surface area contributed by atoms with E-state index in [1.807, 2.05) is 30.3 Å². The van der Waals surface area contributed by atoms with Crippen LogP contribution in [0.1, 0.15) is 141 Å². The average molecular weight is 598 g/mol. The molecule has 0 amide bonds. The third-order valence-corrected chi connectivity index (χ3v) is 9.43. The molecule has 1 aromatic heterocycles. The van der Waals surface area contributed by atoms with E-state index in [0.29, 0.717) is 17.9 Å². The van der Waals surface area contributed by atoms with E-state index < -0.39 is 0 Å². The van der Waals surface area contributed by atoms with E-state index in [2.05, 4.69) is 80.5 Å². The maximum Gasteiger partial charge on any atom is 0.146 e. The monoisotopic (exact) mass is 597 g/mol. The van der Waals surface area contributed by atoms with Gasteiger partial charge in [-0.25, -0.2) is 0 Å². The highest BCUT2D eigenvalue weighted by molar-refractivity contribution is 5.74. The first-order valence-corrected chi connectivity index (χ1v) is 16.7. The number of fused-ring (bicyclic) bond motifs is 1. The van der Waals surface area contributed by atoms with Crippen molar-refractivity contribution in [3.05, 3.63) is 76.3 Å². The van der Waals surface area contributed by atoms with Crippen LogP contribution in [-0.4, -0.2) is 25.2 Å². The van der Waals surface area contributed by atoms with Crippen LogP contribution in [0.4, 0.5) is 0 Å². The number of phenolic OH excluding ortho intramolecular Hbond substituents is 2. The maximum absolute atomic E-state index is 11.9. The number of hydrogen-bond acceptors (Lipinski definition) is 4. The smallest absolute Gasteiger partial charge is 0.146 e. The van der Waals surface area contributed by atoms with Gasteiger partial charge in [0, 0.05) is 17.5 Å². The Morgan fingerprint density at radius 1 is 0.636 bits per heavy atom. The summed E-state index contributed by atoms with van der Waals surface area (Å²) in [5.41, 5.74) is 6.70. The minimum absolute atomic E-state index is 0.0363. The second-order valence-corrected chi connectivity index (χ2v) is 15.1. The zero-order chi connectivity index (χ0) is 32.3. The topological polar surface area (TPSA) is 71.2 Å². The van der Waals surface area contributed by atoms with Gasteiger partial charge >= 0.3 is 0 Å². The van der Waals surface area contributed by atoms with Gasteiger partial charge in [-0.15, -0.1) is 15.0 Å². The first-order chi connectivity index (χ1) is 20.7. The minimum atomic E-state index is -0.178. The molecular formula is C39H55N3O2. The third kappa shape index (κ3) is 7.47. The van der Waals surface area contributed by atoms with Crippen LogP contribution in [0.15, 0.2) is 48.5 Å². The molecule has 2 N–H and O–H groups in total. The molecular weight excluding hydrogens is 542 g/mol. The second-order valence-electron chi connectivity index (χ2n) is 15.1. The van der Waals surface area contributed by atoms with Crippen molar-refractivity contribution in [2.45, 2.75) is 136 Å². The van der Waals surface area contributed by atoms with Gasteiger partial charge < -0.3 is 10.2 Å². The molecule has 0 saturated carbocycles.